The summed E-state index contributed by atoms with van der Waals surface area (Å²) in [5, 5.41) is 4.22. The van der Waals surface area contributed by atoms with Crippen LogP contribution >= 0.6 is 15.9 Å². The van der Waals surface area contributed by atoms with Gasteiger partial charge in [0.05, 0.1) is 11.6 Å². The second-order valence-electron chi connectivity index (χ2n) is 7.39. The molecule has 0 heterocycles. The van der Waals surface area contributed by atoms with Gasteiger partial charge in [0.25, 0.3) is 0 Å². The second kappa shape index (κ2) is 5.28. The smallest absolute Gasteiger partial charge is 0.247 e. The molecular weight excluding hydrogens is 376 g/mol. The van der Waals surface area contributed by atoms with E-state index in [1.165, 1.54) is 12.0 Å². The lowest BCUT2D eigenvalue weighted by Crippen LogP contribution is -2.31. The Bertz CT molecular complexity index is 847. The van der Waals surface area contributed by atoms with E-state index in [0.29, 0.717) is 11.8 Å². The van der Waals surface area contributed by atoms with Gasteiger partial charge in [-0.2, -0.15) is 5.10 Å². The number of nitrogens with one attached hydrogen (secondary N) is 1. The maximum atomic E-state index is 13.0. The van der Waals surface area contributed by atoms with Gasteiger partial charge in [-0.05, 0) is 47.9 Å². The summed E-state index contributed by atoms with van der Waals surface area (Å²) >= 11 is 3.42. The summed E-state index contributed by atoms with van der Waals surface area (Å²) in [6, 6.07) is 18.5. The normalized spacial score (nSPS) is 34.4. The van der Waals surface area contributed by atoms with E-state index in [0.717, 1.165) is 22.9 Å². The molecule has 0 saturated heterocycles. The summed E-state index contributed by atoms with van der Waals surface area (Å²) in [4.78, 5) is 13.0. The average molecular weight is 395 g/mol. The minimum Gasteiger partial charge on any atom is -0.272 e. The van der Waals surface area contributed by atoms with Crippen LogP contribution in [0.1, 0.15) is 30.4 Å². The summed E-state index contributed by atoms with van der Waals surface area (Å²) in [6.45, 7) is 0. The molecule has 3 fully saturated rings. The largest absolute Gasteiger partial charge is 0.272 e. The SMILES string of the molecule is O=C(N/N=C\c1ccc(Br)cc1)C12[C@@H]3CCC[C@@H]1C32c1ccccc1. The van der Waals surface area contributed by atoms with Crippen molar-refractivity contribution in [1.82, 2.24) is 5.43 Å². The molecule has 1 N–H and O–H groups in total. The second-order valence-corrected chi connectivity index (χ2v) is 8.31. The molecule has 4 heteroatoms. The van der Waals surface area contributed by atoms with E-state index in [9.17, 15) is 4.79 Å². The molecule has 0 aliphatic heterocycles. The molecule has 0 spiro atoms. The Hall–Kier alpha value is -1.94. The maximum Gasteiger partial charge on any atom is 0.247 e. The Labute approximate surface area is 155 Å². The highest BCUT2D eigenvalue weighted by molar-refractivity contribution is 9.10. The van der Waals surface area contributed by atoms with Gasteiger partial charge in [-0.15, -0.1) is 0 Å². The van der Waals surface area contributed by atoms with Crippen LogP contribution < -0.4 is 5.43 Å². The number of benzene rings is 2. The van der Waals surface area contributed by atoms with E-state index in [1.54, 1.807) is 6.21 Å². The predicted octanol–water partition coefficient (Wildman–Crippen LogP) is 4.27. The molecule has 3 aliphatic rings. The van der Waals surface area contributed by atoms with Gasteiger partial charge >= 0.3 is 0 Å². The van der Waals surface area contributed by atoms with Gasteiger partial charge in [0, 0.05) is 9.89 Å². The Morgan fingerprint density at radius 2 is 1.76 bits per heavy atom. The molecule has 3 aliphatic carbocycles. The fraction of sp³-hybridized carbons (Fsp3) is 0.333. The minimum atomic E-state index is -0.191. The number of carbonyl (C=O) groups excluding carboxylic acids is 1. The van der Waals surface area contributed by atoms with Crippen molar-refractivity contribution in [2.45, 2.75) is 24.7 Å². The van der Waals surface area contributed by atoms with Gasteiger partial charge in [0.1, 0.15) is 0 Å². The Morgan fingerprint density at radius 3 is 2.44 bits per heavy atom. The van der Waals surface area contributed by atoms with Crippen LogP contribution in [0.5, 0.6) is 0 Å². The summed E-state index contributed by atoms with van der Waals surface area (Å²) < 4.78 is 1.03. The average Bonchev–Trinajstić information content (AvgIpc) is 3.51. The first kappa shape index (κ1) is 15.3. The van der Waals surface area contributed by atoms with Crippen molar-refractivity contribution < 1.29 is 4.79 Å². The molecule has 25 heavy (non-hydrogen) atoms. The maximum absolute atomic E-state index is 13.0. The Balaban J connectivity index is 1.35. The zero-order valence-electron chi connectivity index (χ0n) is 13.8. The number of halogens is 1. The quantitative estimate of drug-likeness (QED) is 0.610. The zero-order valence-corrected chi connectivity index (χ0v) is 15.4. The van der Waals surface area contributed by atoms with Gasteiger partial charge in [0.15, 0.2) is 0 Å². The van der Waals surface area contributed by atoms with Gasteiger partial charge in [-0.25, -0.2) is 5.43 Å². The molecule has 2 aromatic rings. The number of rotatable bonds is 4. The number of hydrogen-bond acceptors (Lipinski definition) is 2. The molecule has 1 amide bonds. The van der Waals surface area contributed by atoms with Gasteiger partial charge in [-0.1, -0.05) is 64.8 Å². The Kier molecular flexibility index (Phi) is 3.23. The predicted molar refractivity (Wildman–Crippen MR) is 101 cm³/mol. The van der Waals surface area contributed by atoms with E-state index in [-0.39, 0.29) is 16.7 Å². The van der Waals surface area contributed by atoms with Gasteiger partial charge in [0.2, 0.25) is 5.91 Å². The first-order valence-corrected chi connectivity index (χ1v) is 9.66. The topological polar surface area (TPSA) is 41.5 Å². The molecule has 3 saturated carbocycles. The number of nitrogens with zero attached hydrogens (tertiary/aromatic N) is 1. The fourth-order valence-corrected chi connectivity index (χ4v) is 5.96. The third kappa shape index (κ3) is 1.86. The number of fused-ring (bicyclic) bond motifs is 2. The third-order valence-electron chi connectivity index (χ3n) is 6.58. The van der Waals surface area contributed by atoms with Crippen molar-refractivity contribution in [3.8, 4) is 0 Å². The Morgan fingerprint density at radius 1 is 1.08 bits per heavy atom. The van der Waals surface area contributed by atoms with Crippen molar-refractivity contribution in [1.29, 1.82) is 0 Å². The number of carbonyl (C=O) groups is 1. The molecule has 0 unspecified atom stereocenters. The monoisotopic (exact) mass is 394 g/mol. The van der Waals surface area contributed by atoms with Crippen LogP contribution in [-0.4, -0.2) is 12.1 Å². The molecule has 0 radical (unpaired) electrons. The van der Waals surface area contributed by atoms with E-state index < -0.39 is 0 Å². The van der Waals surface area contributed by atoms with Crippen molar-refractivity contribution in [3.05, 3.63) is 70.2 Å². The summed E-state index contributed by atoms with van der Waals surface area (Å²) in [7, 11) is 0. The lowest BCUT2D eigenvalue weighted by molar-refractivity contribution is -0.126. The van der Waals surface area contributed by atoms with Crippen LogP contribution in [0.15, 0.2) is 64.2 Å². The van der Waals surface area contributed by atoms with Crippen LogP contribution in [0.2, 0.25) is 0 Å². The number of hydrazone groups is 1. The molecule has 3 nitrogen and oxygen atoms in total. The standard InChI is InChI=1S/C21H19BrN2O/c22-16-11-9-14(10-12-16)13-23-24-19(25)21-17-7-4-8-18(21)20(17,21)15-5-2-1-3-6-15/h1-3,5-6,9-13,17-18H,4,7-8H2,(H,24,25)/b23-13-/t17-,18-,20?,21?/m1/s1. The van der Waals surface area contributed by atoms with Crippen molar-refractivity contribution in [3.63, 3.8) is 0 Å². The molecule has 2 aromatic carbocycles. The van der Waals surface area contributed by atoms with E-state index >= 15 is 0 Å². The molecule has 126 valence electrons. The number of amides is 1. The highest BCUT2D eigenvalue weighted by atomic mass is 79.9. The van der Waals surface area contributed by atoms with Crippen molar-refractivity contribution in [2.75, 3.05) is 0 Å². The first-order valence-electron chi connectivity index (χ1n) is 8.87. The van der Waals surface area contributed by atoms with E-state index in [1.807, 2.05) is 30.3 Å². The van der Waals surface area contributed by atoms with Crippen LogP contribution in [0.4, 0.5) is 0 Å². The van der Waals surface area contributed by atoms with Crippen LogP contribution in [0, 0.1) is 17.3 Å². The third-order valence-corrected chi connectivity index (χ3v) is 7.11. The van der Waals surface area contributed by atoms with E-state index in [2.05, 4.69) is 50.7 Å². The minimum absolute atomic E-state index is 0.101. The van der Waals surface area contributed by atoms with Crippen LogP contribution in [0.3, 0.4) is 0 Å². The number of hydrogen-bond donors (Lipinski definition) is 1. The molecule has 5 rings (SSSR count). The summed E-state index contributed by atoms with van der Waals surface area (Å²) in [5.41, 5.74) is 5.06. The first-order chi connectivity index (χ1) is 12.2. The molecule has 0 bridgehead atoms. The summed E-state index contributed by atoms with van der Waals surface area (Å²) in [6.07, 6.45) is 5.29. The molecular formula is C21H19BrN2O. The van der Waals surface area contributed by atoms with Crippen molar-refractivity contribution in [2.24, 2.45) is 22.4 Å². The van der Waals surface area contributed by atoms with E-state index in [4.69, 9.17) is 0 Å². The highest BCUT2D eigenvalue weighted by Crippen LogP contribution is 2.97. The highest BCUT2D eigenvalue weighted by Gasteiger charge is 3.01. The summed E-state index contributed by atoms with van der Waals surface area (Å²) in [5.74, 6) is 1.12. The van der Waals surface area contributed by atoms with Crippen molar-refractivity contribution >= 4 is 28.1 Å². The molecule has 2 atom stereocenters. The lowest BCUT2D eigenvalue weighted by Gasteiger charge is -2.27. The zero-order chi connectivity index (χ0) is 17.1. The lowest BCUT2D eigenvalue weighted by atomic mass is 9.77. The van der Waals surface area contributed by atoms with Gasteiger partial charge < -0.3 is 0 Å². The fourth-order valence-electron chi connectivity index (χ4n) is 5.70. The van der Waals surface area contributed by atoms with Gasteiger partial charge in [-0.3, -0.25) is 4.79 Å². The van der Waals surface area contributed by atoms with Crippen LogP contribution in [-0.2, 0) is 10.2 Å². The van der Waals surface area contributed by atoms with Crippen LogP contribution in [0.25, 0.3) is 0 Å². The molecule has 0 aromatic heterocycles.